The molecule has 3 amide bonds. The van der Waals surface area contributed by atoms with Crippen molar-refractivity contribution >= 4 is 23.4 Å². The van der Waals surface area contributed by atoms with Gasteiger partial charge in [-0.3, -0.25) is 19.8 Å². The molecule has 1 fully saturated rings. The van der Waals surface area contributed by atoms with E-state index < -0.39 is 0 Å². The number of carbonyl (C=O) groups excluding carboxylic acids is 3. The van der Waals surface area contributed by atoms with Gasteiger partial charge in [-0.25, -0.2) is 5.01 Å². The van der Waals surface area contributed by atoms with Crippen molar-refractivity contribution in [2.24, 2.45) is 11.8 Å². The maximum Gasteiger partial charge on any atom is 0.254 e. The summed E-state index contributed by atoms with van der Waals surface area (Å²) in [4.78, 5) is 40.9. The number of hydrogen-bond acceptors (Lipinski definition) is 5. The van der Waals surface area contributed by atoms with E-state index >= 15 is 0 Å². The predicted molar refractivity (Wildman–Crippen MR) is 125 cm³/mol. The molecule has 2 aliphatic heterocycles. The molecule has 8 nitrogen and oxygen atoms in total. The largest absolute Gasteiger partial charge is 0.486 e. The highest BCUT2D eigenvalue weighted by Gasteiger charge is 2.42. The van der Waals surface area contributed by atoms with Crippen LogP contribution in [0.4, 0.5) is 5.69 Å². The van der Waals surface area contributed by atoms with Gasteiger partial charge in [0, 0.05) is 24.2 Å². The number of anilines is 1. The van der Waals surface area contributed by atoms with Crippen LogP contribution in [0.1, 0.15) is 35.7 Å². The van der Waals surface area contributed by atoms with Gasteiger partial charge in [-0.2, -0.15) is 0 Å². The van der Waals surface area contributed by atoms with E-state index in [4.69, 9.17) is 9.47 Å². The number of fused-ring (bicyclic) bond motifs is 2. The Morgan fingerprint density at radius 2 is 1.82 bits per heavy atom. The summed E-state index contributed by atoms with van der Waals surface area (Å²) in [6.07, 6.45) is 5.01. The molecule has 0 radical (unpaired) electrons. The second kappa shape index (κ2) is 9.21. The van der Waals surface area contributed by atoms with Crippen LogP contribution in [0, 0.1) is 11.8 Å². The van der Waals surface area contributed by atoms with Gasteiger partial charge >= 0.3 is 0 Å². The number of amides is 3. The van der Waals surface area contributed by atoms with Gasteiger partial charge in [-0.1, -0.05) is 30.4 Å². The quantitative estimate of drug-likeness (QED) is 0.692. The zero-order chi connectivity index (χ0) is 23.7. The Labute approximate surface area is 198 Å². The van der Waals surface area contributed by atoms with Gasteiger partial charge in [0.05, 0.1) is 17.5 Å². The van der Waals surface area contributed by atoms with Crippen molar-refractivity contribution in [3.05, 3.63) is 65.7 Å². The second-order valence-corrected chi connectivity index (χ2v) is 8.62. The number of carbonyl (C=O) groups is 3. The third-order valence-electron chi connectivity index (χ3n) is 6.56. The highest BCUT2D eigenvalue weighted by atomic mass is 16.6. The van der Waals surface area contributed by atoms with Crippen molar-refractivity contribution in [2.45, 2.75) is 26.3 Å². The van der Waals surface area contributed by atoms with Gasteiger partial charge in [-0.15, -0.1) is 0 Å². The summed E-state index contributed by atoms with van der Waals surface area (Å²) in [5.74, 6) is 0.147. The molecule has 1 aliphatic carbocycles. The average molecular weight is 462 g/mol. The van der Waals surface area contributed by atoms with E-state index in [0.29, 0.717) is 61.9 Å². The van der Waals surface area contributed by atoms with Crippen LogP contribution in [-0.4, -0.2) is 42.4 Å². The number of ether oxygens (including phenoxy) is 2. The van der Waals surface area contributed by atoms with E-state index in [9.17, 15) is 14.4 Å². The van der Waals surface area contributed by atoms with Crippen LogP contribution >= 0.6 is 0 Å². The summed E-state index contributed by atoms with van der Waals surface area (Å²) in [7, 11) is 0. The second-order valence-electron chi connectivity index (χ2n) is 8.62. The Balaban J connectivity index is 1.37. The van der Waals surface area contributed by atoms with E-state index in [0.717, 1.165) is 5.56 Å². The van der Waals surface area contributed by atoms with E-state index in [1.165, 1.54) is 5.01 Å². The van der Waals surface area contributed by atoms with Crippen LogP contribution in [0.25, 0.3) is 0 Å². The van der Waals surface area contributed by atoms with Crippen LogP contribution in [0.2, 0.25) is 0 Å². The van der Waals surface area contributed by atoms with Crippen LogP contribution in [-0.2, 0) is 16.1 Å². The first-order valence-corrected chi connectivity index (χ1v) is 11.6. The third-order valence-corrected chi connectivity index (χ3v) is 6.56. The molecule has 0 aromatic heterocycles. The maximum atomic E-state index is 13.4. The summed E-state index contributed by atoms with van der Waals surface area (Å²) in [5, 5.41) is 1.29. The zero-order valence-electron chi connectivity index (χ0n) is 19.0. The lowest BCUT2D eigenvalue weighted by atomic mass is 9.80. The lowest BCUT2D eigenvalue weighted by Crippen LogP contribution is -2.59. The number of para-hydroxylation sites is 1. The molecule has 34 heavy (non-hydrogen) atoms. The van der Waals surface area contributed by atoms with Crippen molar-refractivity contribution in [3.8, 4) is 11.5 Å². The number of hydrazine groups is 1. The molecule has 176 valence electrons. The Morgan fingerprint density at radius 1 is 1.06 bits per heavy atom. The SMILES string of the molecule is CCN(Cc1cccc2c1OCCO2)C(=O)c1cccc(N2NC(=O)C3CC=CCC3C2=O)c1. The number of nitrogens with zero attached hydrogens (tertiary/aromatic N) is 2. The van der Waals surface area contributed by atoms with E-state index in [1.807, 2.05) is 37.3 Å². The van der Waals surface area contributed by atoms with Gasteiger partial charge in [0.1, 0.15) is 13.2 Å². The predicted octanol–water partition coefficient (Wildman–Crippen LogP) is 3.08. The maximum absolute atomic E-state index is 13.4. The fraction of sp³-hybridized carbons (Fsp3) is 0.346. The van der Waals surface area contributed by atoms with Gasteiger partial charge < -0.3 is 14.4 Å². The number of allylic oxidation sites excluding steroid dienone is 2. The van der Waals surface area contributed by atoms with Gasteiger partial charge in [0.15, 0.2) is 11.5 Å². The number of rotatable bonds is 5. The Morgan fingerprint density at radius 3 is 2.65 bits per heavy atom. The summed E-state index contributed by atoms with van der Waals surface area (Å²) < 4.78 is 11.5. The van der Waals surface area contributed by atoms with E-state index in [2.05, 4.69) is 5.43 Å². The molecule has 2 aromatic rings. The molecule has 1 saturated heterocycles. The zero-order valence-corrected chi connectivity index (χ0v) is 19.0. The Hall–Kier alpha value is -3.81. The number of nitrogens with one attached hydrogen (secondary N) is 1. The van der Waals surface area contributed by atoms with Gasteiger partial charge in [-0.05, 0) is 44.0 Å². The third kappa shape index (κ3) is 4.00. The minimum atomic E-state index is -0.378. The first-order valence-electron chi connectivity index (χ1n) is 11.6. The van der Waals surface area contributed by atoms with Gasteiger partial charge in [0.2, 0.25) is 11.8 Å². The normalized spacial score (nSPS) is 21.0. The minimum absolute atomic E-state index is 0.154. The molecule has 0 spiro atoms. The van der Waals surface area contributed by atoms with Crippen molar-refractivity contribution < 1.29 is 23.9 Å². The smallest absolute Gasteiger partial charge is 0.254 e. The fourth-order valence-electron chi connectivity index (χ4n) is 4.73. The molecule has 1 N–H and O–H groups in total. The van der Waals surface area contributed by atoms with Crippen molar-refractivity contribution in [2.75, 3.05) is 24.8 Å². The van der Waals surface area contributed by atoms with Gasteiger partial charge in [0.25, 0.3) is 5.91 Å². The number of benzene rings is 2. The molecule has 2 atom stereocenters. The molecule has 8 heteroatoms. The van der Waals surface area contributed by atoms with Crippen molar-refractivity contribution in [3.63, 3.8) is 0 Å². The van der Waals surface area contributed by atoms with Crippen LogP contribution in [0.15, 0.2) is 54.6 Å². The summed E-state index contributed by atoms with van der Waals surface area (Å²) in [5.41, 5.74) is 4.51. The lowest BCUT2D eigenvalue weighted by molar-refractivity contribution is -0.139. The van der Waals surface area contributed by atoms with E-state index in [-0.39, 0.29) is 29.6 Å². The first kappa shape index (κ1) is 22.0. The highest BCUT2D eigenvalue weighted by molar-refractivity contribution is 6.05. The molecular formula is C26H27N3O5. The summed E-state index contributed by atoms with van der Waals surface area (Å²) in [6.45, 7) is 3.74. The molecule has 3 aliphatic rings. The van der Waals surface area contributed by atoms with E-state index in [1.54, 1.807) is 29.2 Å². The lowest BCUT2D eigenvalue weighted by Gasteiger charge is -2.38. The summed E-state index contributed by atoms with van der Waals surface area (Å²) in [6, 6.07) is 12.5. The Bertz CT molecular complexity index is 1160. The molecule has 2 heterocycles. The summed E-state index contributed by atoms with van der Waals surface area (Å²) >= 11 is 0. The average Bonchev–Trinajstić information content (AvgIpc) is 2.89. The molecule has 2 aromatic carbocycles. The van der Waals surface area contributed by atoms with Crippen LogP contribution in [0.3, 0.4) is 0 Å². The molecular weight excluding hydrogens is 434 g/mol. The van der Waals surface area contributed by atoms with Crippen molar-refractivity contribution in [1.29, 1.82) is 0 Å². The van der Waals surface area contributed by atoms with Crippen molar-refractivity contribution in [1.82, 2.24) is 10.3 Å². The minimum Gasteiger partial charge on any atom is -0.486 e. The first-order chi connectivity index (χ1) is 16.6. The molecule has 5 rings (SSSR count). The van der Waals surface area contributed by atoms with Crippen LogP contribution < -0.4 is 19.9 Å². The Kier molecular flexibility index (Phi) is 5.96. The van der Waals surface area contributed by atoms with Crippen LogP contribution in [0.5, 0.6) is 11.5 Å². The molecule has 2 unspecified atom stereocenters. The monoisotopic (exact) mass is 461 g/mol. The fourth-order valence-corrected chi connectivity index (χ4v) is 4.73. The standard InChI is InChI=1S/C26H27N3O5/c1-2-28(16-18-8-6-12-22-23(18)34-14-13-33-22)25(31)17-7-5-9-19(15-17)29-26(32)21-11-4-3-10-20(21)24(30)27-29/h3-9,12,15,20-21H,2,10-11,13-14,16H2,1H3,(H,27,30). The topological polar surface area (TPSA) is 88.2 Å². The molecule has 0 saturated carbocycles. The molecule has 0 bridgehead atoms. The highest BCUT2D eigenvalue weighted by Crippen LogP contribution is 2.35. The number of hydrogen-bond donors (Lipinski definition) is 1.